The summed E-state index contributed by atoms with van der Waals surface area (Å²) in [5.41, 5.74) is 0.101. The molecule has 1 atom stereocenters. The van der Waals surface area contributed by atoms with Gasteiger partial charge in [0.25, 0.3) is 0 Å². The molecule has 0 saturated carbocycles. The fraction of sp³-hybridized carbons (Fsp3) is 0.533. The topological polar surface area (TPSA) is 54.3 Å². The van der Waals surface area contributed by atoms with E-state index in [0.29, 0.717) is 19.8 Å². The van der Waals surface area contributed by atoms with Crippen molar-refractivity contribution in [1.29, 1.82) is 5.26 Å². The first-order chi connectivity index (χ1) is 9.14. The van der Waals surface area contributed by atoms with Crippen LogP contribution in [-0.2, 0) is 15.0 Å². The maximum absolute atomic E-state index is 9.45. The van der Waals surface area contributed by atoms with Gasteiger partial charge in [-0.1, -0.05) is 30.3 Å². The maximum Gasteiger partial charge on any atom is 0.155 e. The minimum absolute atomic E-state index is 0.197. The summed E-state index contributed by atoms with van der Waals surface area (Å²) in [6.45, 7) is 5.29. The van der Waals surface area contributed by atoms with Crippen molar-refractivity contribution in [3.05, 3.63) is 35.9 Å². The van der Waals surface area contributed by atoms with Crippen molar-refractivity contribution < 1.29 is 9.47 Å². The standard InChI is InChI=1S/C15H22N2O2/c1-13(2)19-10-9-18-12-15(11-16,17-3)14-7-5-4-6-8-14/h4-8,13,17H,9-10,12H2,1-3H3. The molecule has 0 spiro atoms. The Morgan fingerprint density at radius 1 is 1.26 bits per heavy atom. The van der Waals surface area contributed by atoms with Gasteiger partial charge in [0.2, 0.25) is 0 Å². The highest BCUT2D eigenvalue weighted by molar-refractivity contribution is 5.31. The van der Waals surface area contributed by atoms with E-state index in [1.54, 1.807) is 7.05 Å². The van der Waals surface area contributed by atoms with E-state index in [9.17, 15) is 5.26 Å². The number of hydrogen-bond donors (Lipinski definition) is 1. The van der Waals surface area contributed by atoms with Crippen LogP contribution in [0.2, 0.25) is 0 Å². The number of rotatable bonds is 8. The van der Waals surface area contributed by atoms with Crippen LogP contribution in [0, 0.1) is 11.3 Å². The number of nitrogens with zero attached hydrogens (tertiary/aromatic N) is 1. The van der Waals surface area contributed by atoms with Crippen LogP contribution >= 0.6 is 0 Å². The van der Waals surface area contributed by atoms with Crippen molar-refractivity contribution in [2.45, 2.75) is 25.5 Å². The van der Waals surface area contributed by atoms with Gasteiger partial charge in [-0.05, 0) is 26.5 Å². The molecule has 0 saturated heterocycles. The molecule has 19 heavy (non-hydrogen) atoms. The fourth-order valence-electron chi connectivity index (χ4n) is 1.74. The van der Waals surface area contributed by atoms with Crippen LogP contribution in [0.1, 0.15) is 19.4 Å². The summed E-state index contributed by atoms with van der Waals surface area (Å²) >= 11 is 0. The average molecular weight is 262 g/mol. The Hall–Kier alpha value is -1.41. The third kappa shape index (κ3) is 4.64. The predicted octanol–water partition coefficient (Wildman–Crippen LogP) is 2.07. The Balaban J connectivity index is 2.56. The molecule has 0 heterocycles. The van der Waals surface area contributed by atoms with Crippen LogP contribution in [-0.4, -0.2) is 33.0 Å². The second-order valence-corrected chi connectivity index (χ2v) is 4.61. The van der Waals surface area contributed by atoms with Gasteiger partial charge in [-0.3, -0.25) is 5.32 Å². The van der Waals surface area contributed by atoms with Gasteiger partial charge in [0.05, 0.1) is 32.0 Å². The van der Waals surface area contributed by atoms with Crippen molar-refractivity contribution in [3.8, 4) is 6.07 Å². The van der Waals surface area contributed by atoms with Crippen molar-refractivity contribution in [3.63, 3.8) is 0 Å². The predicted molar refractivity (Wildman–Crippen MR) is 74.7 cm³/mol. The molecule has 1 N–H and O–H groups in total. The van der Waals surface area contributed by atoms with Gasteiger partial charge < -0.3 is 9.47 Å². The lowest BCUT2D eigenvalue weighted by Gasteiger charge is -2.26. The molecule has 1 unspecified atom stereocenters. The first kappa shape index (κ1) is 15.6. The summed E-state index contributed by atoms with van der Waals surface area (Å²) in [7, 11) is 1.77. The second kappa shape index (κ2) is 7.90. The van der Waals surface area contributed by atoms with Gasteiger partial charge in [0.15, 0.2) is 5.54 Å². The Bertz CT molecular complexity index is 400. The smallest absolute Gasteiger partial charge is 0.155 e. The summed E-state index contributed by atoms with van der Waals surface area (Å²) in [5.74, 6) is 0. The maximum atomic E-state index is 9.45. The van der Waals surface area contributed by atoms with Crippen molar-refractivity contribution >= 4 is 0 Å². The number of likely N-dealkylation sites (N-methyl/N-ethyl adjacent to an activating group) is 1. The molecular weight excluding hydrogens is 240 g/mol. The Morgan fingerprint density at radius 3 is 2.47 bits per heavy atom. The molecule has 0 aliphatic carbocycles. The molecule has 0 fully saturated rings. The number of ether oxygens (including phenoxy) is 2. The summed E-state index contributed by atoms with van der Waals surface area (Å²) in [5, 5.41) is 12.5. The van der Waals surface area contributed by atoms with E-state index in [0.717, 1.165) is 5.56 Å². The minimum Gasteiger partial charge on any atom is -0.376 e. The average Bonchev–Trinajstić information content (AvgIpc) is 2.44. The summed E-state index contributed by atoms with van der Waals surface area (Å²) in [4.78, 5) is 0. The first-order valence-electron chi connectivity index (χ1n) is 6.49. The highest BCUT2D eigenvalue weighted by Gasteiger charge is 2.30. The van der Waals surface area contributed by atoms with Crippen molar-refractivity contribution in [1.82, 2.24) is 5.32 Å². The zero-order valence-electron chi connectivity index (χ0n) is 11.8. The van der Waals surface area contributed by atoms with E-state index in [2.05, 4.69) is 11.4 Å². The zero-order valence-corrected chi connectivity index (χ0v) is 11.8. The van der Waals surface area contributed by atoms with Crippen molar-refractivity contribution in [2.75, 3.05) is 26.9 Å². The van der Waals surface area contributed by atoms with E-state index in [4.69, 9.17) is 9.47 Å². The summed E-state index contributed by atoms with van der Waals surface area (Å²) in [6, 6.07) is 11.9. The highest BCUT2D eigenvalue weighted by Crippen LogP contribution is 2.20. The summed E-state index contributed by atoms with van der Waals surface area (Å²) in [6.07, 6.45) is 0.197. The molecule has 4 nitrogen and oxygen atoms in total. The van der Waals surface area contributed by atoms with Crippen LogP contribution in [0.4, 0.5) is 0 Å². The third-order valence-electron chi connectivity index (χ3n) is 2.88. The number of nitriles is 1. The minimum atomic E-state index is -0.806. The molecule has 0 radical (unpaired) electrons. The van der Waals surface area contributed by atoms with Crippen LogP contribution in [0.15, 0.2) is 30.3 Å². The van der Waals surface area contributed by atoms with E-state index in [1.165, 1.54) is 0 Å². The lowest BCUT2D eigenvalue weighted by atomic mass is 9.92. The largest absolute Gasteiger partial charge is 0.376 e. The number of benzene rings is 1. The molecule has 1 aromatic carbocycles. The van der Waals surface area contributed by atoms with E-state index in [-0.39, 0.29) is 6.10 Å². The quantitative estimate of drug-likeness (QED) is 0.729. The van der Waals surface area contributed by atoms with E-state index in [1.807, 2.05) is 44.2 Å². The van der Waals surface area contributed by atoms with Gasteiger partial charge in [-0.2, -0.15) is 5.26 Å². The monoisotopic (exact) mass is 262 g/mol. The Kier molecular flexibility index (Phi) is 6.51. The normalized spacial score (nSPS) is 14.1. The third-order valence-corrected chi connectivity index (χ3v) is 2.88. The van der Waals surface area contributed by atoms with Gasteiger partial charge in [0, 0.05) is 0 Å². The van der Waals surface area contributed by atoms with Gasteiger partial charge >= 0.3 is 0 Å². The van der Waals surface area contributed by atoms with Gasteiger partial charge in [0.1, 0.15) is 0 Å². The van der Waals surface area contributed by atoms with Gasteiger partial charge in [-0.15, -0.1) is 0 Å². The van der Waals surface area contributed by atoms with E-state index < -0.39 is 5.54 Å². The molecule has 0 aliphatic rings. The molecule has 0 amide bonds. The molecular formula is C15H22N2O2. The zero-order chi connectivity index (χ0) is 14.1. The SMILES string of the molecule is CNC(C#N)(COCCOC(C)C)c1ccccc1. The Morgan fingerprint density at radius 2 is 1.95 bits per heavy atom. The van der Waals surface area contributed by atoms with Crippen LogP contribution in [0.5, 0.6) is 0 Å². The van der Waals surface area contributed by atoms with Crippen LogP contribution in [0.3, 0.4) is 0 Å². The van der Waals surface area contributed by atoms with Crippen LogP contribution < -0.4 is 5.32 Å². The lowest BCUT2D eigenvalue weighted by molar-refractivity contribution is 0.00747. The summed E-state index contributed by atoms with van der Waals surface area (Å²) < 4.78 is 11.0. The van der Waals surface area contributed by atoms with E-state index >= 15 is 0 Å². The van der Waals surface area contributed by atoms with Crippen molar-refractivity contribution in [2.24, 2.45) is 0 Å². The molecule has 1 rings (SSSR count). The molecule has 1 aromatic rings. The fourth-order valence-corrected chi connectivity index (χ4v) is 1.74. The molecule has 0 bridgehead atoms. The first-order valence-corrected chi connectivity index (χ1v) is 6.49. The second-order valence-electron chi connectivity index (χ2n) is 4.61. The lowest BCUT2D eigenvalue weighted by Crippen LogP contribution is -2.43. The van der Waals surface area contributed by atoms with Crippen LogP contribution in [0.25, 0.3) is 0 Å². The molecule has 104 valence electrons. The molecule has 0 aromatic heterocycles. The number of hydrogen-bond acceptors (Lipinski definition) is 4. The number of nitrogens with one attached hydrogen (secondary N) is 1. The van der Waals surface area contributed by atoms with Gasteiger partial charge in [-0.25, -0.2) is 0 Å². The molecule has 4 heteroatoms. The highest BCUT2D eigenvalue weighted by atomic mass is 16.5. The molecule has 0 aliphatic heterocycles. The Labute approximate surface area is 115 Å².